The van der Waals surface area contributed by atoms with Crippen LogP contribution >= 0.6 is 21.6 Å². The molecule has 36 heavy (non-hydrogen) atoms. The van der Waals surface area contributed by atoms with Crippen LogP contribution in [0.5, 0.6) is 0 Å². The first-order chi connectivity index (χ1) is 17.3. The van der Waals surface area contributed by atoms with Crippen LogP contribution in [-0.4, -0.2) is 17.2 Å². The lowest BCUT2D eigenvalue weighted by Gasteiger charge is -2.58. The quantitative estimate of drug-likeness (QED) is 0.159. The molecule has 5 rings (SSSR count). The van der Waals surface area contributed by atoms with Crippen LogP contribution in [0.1, 0.15) is 118 Å². The highest BCUT2D eigenvalue weighted by molar-refractivity contribution is 8.76. The third kappa shape index (κ3) is 5.45. The summed E-state index contributed by atoms with van der Waals surface area (Å²) in [5, 5.41) is 0.830. The molecule has 0 aromatic carbocycles. The molecule has 1 heterocycles. The van der Waals surface area contributed by atoms with Crippen molar-refractivity contribution in [3.63, 3.8) is 0 Å². The molecule has 0 saturated heterocycles. The van der Waals surface area contributed by atoms with Crippen LogP contribution in [0.25, 0.3) is 0 Å². The van der Waals surface area contributed by atoms with Crippen LogP contribution in [0.15, 0.2) is 28.4 Å². The monoisotopic (exact) mass is 527 g/mol. The van der Waals surface area contributed by atoms with Crippen molar-refractivity contribution in [3.05, 3.63) is 23.4 Å². The highest BCUT2D eigenvalue weighted by Crippen LogP contribution is 2.67. The van der Waals surface area contributed by atoms with E-state index in [1.165, 1.54) is 88.4 Å². The van der Waals surface area contributed by atoms with E-state index in [1.807, 2.05) is 11.8 Å². The number of aliphatic imine (C=N–C) groups is 1. The van der Waals surface area contributed by atoms with Crippen LogP contribution in [0, 0.1) is 46.3 Å². The second-order valence-electron chi connectivity index (χ2n) is 14.1. The fourth-order valence-corrected chi connectivity index (χ4v) is 12.3. The fraction of sp³-hybridized carbons (Fsp3) is 0.848. The van der Waals surface area contributed by atoms with Gasteiger partial charge in [0.15, 0.2) is 0 Å². The summed E-state index contributed by atoms with van der Waals surface area (Å²) in [5.74, 6) is 6.91. The summed E-state index contributed by atoms with van der Waals surface area (Å²) in [4.78, 5) is 4.26. The van der Waals surface area contributed by atoms with Crippen LogP contribution in [-0.2, 0) is 0 Å². The Kier molecular flexibility index (Phi) is 8.78. The molecule has 0 radical (unpaired) electrons. The van der Waals surface area contributed by atoms with Gasteiger partial charge in [-0.25, -0.2) is 0 Å². The Bertz CT molecular complexity index is 858. The minimum atomic E-state index is 0.499. The van der Waals surface area contributed by atoms with Gasteiger partial charge in [-0.15, -0.1) is 0 Å². The largest absolute Gasteiger partial charge is 0.269 e. The molecule has 8 atom stereocenters. The van der Waals surface area contributed by atoms with Gasteiger partial charge >= 0.3 is 0 Å². The fourth-order valence-electron chi connectivity index (χ4n) is 9.60. The van der Waals surface area contributed by atoms with Crippen molar-refractivity contribution in [2.24, 2.45) is 51.3 Å². The zero-order valence-electron chi connectivity index (χ0n) is 23.9. The van der Waals surface area contributed by atoms with Crippen molar-refractivity contribution in [2.75, 3.05) is 5.75 Å². The Morgan fingerprint density at radius 3 is 2.67 bits per heavy atom. The molecule has 0 N–H and O–H groups in total. The van der Waals surface area contributed by atoms with Crippen LogP contribution in [0.3, 0.4) is 0 Å². The molecule has 4 aliphatic carbocycles. The second-order valence-corrected chi connectivity index (χ2v) is 16.9. The molecule has 3 fully saturated rings. The first-order valence-electron chi connectivity index (χ1n) is 15.5. The maximum Gasteiger partial charge on any atom is 0.0260 e. The highest BCUT2D eigenvalue weighted by Gasteiger charge is 2.59. The zero-order valence-corrected chi connectivity index (χ0v) is 25.6. The molecule has 202 valence electrons. The number of allylic oxidation sites excluding steroid dienone is 3. The number of rotatable bonds is 10. The zero-order chi connectivity index (χ0) is 25.3. The summed E-state index contributed by atoms with van der Waals surface area (Å²) >= 11 is 0. The molecule has 3 saturated carbocycles. The lowest BCUT2D eigenvalue weighted by molar-refractivity contribution is -0.0497. The normalized spacial score (nSPS) is 40.4. The molecule has 0 aromatic rings. The maximum absolute atomic E-state index is 4.26. The van der Waals surface area contributed by atoms with E-state index in [2.05, 4.69) is 73.5 Å². The predicted molar refractivity (Wildman–Crippen MR) is 163 cm³/mol. The average molecular weight is 528 g/mol. The SMILES string of the molecule is CC(C)CCCC(C)C1CCC2C3CC=C4CC(SSCCC5=CN=CC5)CCC4(C)C3CCC12C. The number of fused-ring (bicyclic) bond motifs is 5. The van der Waals surface area contributed by atoms with Gasteiger partial charge in [0.1, 0.15) is 0 Å². The second kappa shape index (κ2) is 11.5. The predicted octanol–water partition coefficient (Wildman–Crippen LogP) is 10.5. The summed E-state index contributed by atoms with van der Waals surface area (Å²) in [6, 6.07) is 0. The average Bonchev–Trinajstić information content (AvgIpc) is 3.49. The van der Waals surface area contributed by atoms with Gasteiger partial charge in [0, 0.05) is 29.8 Å². The lowest BCUT2D eigenvalue weighted by Crippen LogP contribution is -2.50. The van der Waals surface area contributed by atoms with Gasteiger partial charge in [-0.2, -0.15) is 0 Å². The van der Waals surface area contributed by atoms with Crippen molar-refractivity contribution in [1.82, 2.24) is 0 Å². The minimum Gasteiger partial charge on any atom is -0.269 e. The van der Waals surface area contributed by atoms with E-state index in [-0.39, 0.29) is 0 Å². The minimum absolute atomic E-state index is 0.499. The summed E-state index contributed by atoms with van der Waals surface area (Å²) in [6.45, 7) is 12.8. The van der Waals surface area contributed by atoms with Crippen LogP contribution in [0.4, 0.5) is 0 Å². The maximum atomic E-state index is 4.26. The van der Waals surface area contributed by atoms with Gasteiger partial charge in [-0.3, -0.25) is 4.99 Å². The van der Waals surface area contributed by atoms with Gasteiger partial charge in [0.25, 0.3) is 0 Å². The van der Waals surface area contributed by atoms with Gasteiger partial charge < -0.3 is 0 Å². The molecule has 1 aliphatic heterocycles. The van der Waals surface area contributed by atoms with Crippen molar-refractivity contribution in [1.29, 1.82) is 0 Å². The van der Waals surface area contributed by atoms with Gasteiger partial charge in [0.05, 0.1) is 0 Å². The molecule has 0 bridgehead atoms. The van der Waals surface area contributed by atoms with E-state index in [9.17, 15) is 0 Å². The lowest BCUT2D eigenvalue weighted by atomic mass is 9.47. The Labute approximate surface area is 231 Å². The van der Waals surface area contributed by atoms with Crippen molar-refractivity contribution < 1.29 is 0 Å². The summed E-state index contributed by atoms with van der Waals surface area (Å²) in [7, 11) is 4.32. The molecule has 0 amide bonds. The summed E-state index contributed by atoms with van der Waals surface area (Å²) in [5.41, 5.74) is 4.49. The smallest absolute Gasteiger partial charge is 0.0260 e. The van der Waals surface area contributed by atoms with Crippen molar-refractivity contribution >= 4 is 27.8 Å². The van der Waals surface area contributed by atoms with E-state index in [0.717, 1.165) is 47.2 Å². The molecule has 3 heteroatoms. The molecular formula is C33H53NS2. The Morgan fingerprint density at radius 1 is 1.03 bits per heavy atom. The third-order valence-electron chi connectivity index (χ3n) is 11.7. The Balaban J connectivity index is 1.17. The molecule has 0 spiro atoms. The topological polar surface area (TPSA) is 12.4 Å². The van der Waals surface area contributed by atoms with E-state index in [1.54, 1.807) is 0 Å². The van der Waals surface area contributed by atoms with E-state index < -0.39 is 0 Å². The number of hydrogen-bond donors (Lipinski definition) is 0. The molecule has 5 aliphatic rings. The number of hydrogen-bond acceptors (Lipinski definition) is 3. The van der Waals surface area contributed by atoms with Crippen LogP contribution < -0.4 is 0 Å². The van der Waals surface area contributed by atoms with Crippen molar-refractivity contribution in [3.8, 4) is 0 Å². The van der Waals surface area contributed by atoms with Crippen molar-refractivity contribution in [2.45, 2.75) is 123 Å². The molecular weight excluding hydrogens is 475 g/mol. The van der Waals surface area contributed by atoms with Gasteiger partial charge in [-0.05, 0) is 110 Å². The number of nitrogens with zero attached hydrogens (tertiary/aromatic N) is 1. The third-order valence-corrected chi connectivity index (χ3v) is 14.6. The first-order valence-corrected chi connectivity index (χ1v) is 17.9. The van der Waals surface area contributed by atoms with E-state index in [4.69, 9.17) is 0 Å². The summed E-state index contributed by atoms with van der Waals surface area (Å²) in [6.07, 6.45) is 25.2. The van der Waals surface area contributed by atoms with Gasteiger partial charge in [-0.1, -0.05) is 87.1 Å². The highest BCUT2D eigenvalue weighted by atomic mass is 33.1. The van der Waals surface area contributed by atoms with E-state index in [0.29, 0.717) is 10.8 Å². The van der Waals surface area contributed by atoms with E-state index >= 15 is 0 Å². The summed E-state index contributed by atoms with van der Waals surface area (Å²) < 4.78 is 0. The molecule has 0 aromatic heterocycles. The Hall–Kier alpha value is -0.150. The standard InChI is InChI=1S/C33H53NS2/c1-23(2)7-6-8-24(3)29-11-12-30-28-10-9-26-21-27(36-35-20-16-25-15-19-34-22-25)13-17-32(26,4)31(28)14-18-33(29,30)5/h9,19,22-24,27-31H,6-8,10-18,20-21H2,1-5H3. The molecule has 8 unspecified atom stereocenters. The van der Waals surface area contributed by atoms with Crippen LogP contribution in [0.2, 0.25) is 0 Å². The molecule has 1 nitrogen and oxygen atoms in total. The first kappa shape index (κ1) is 27.4. The van der Waals surface area contributed by atoms with Gasteiger partial charge in [0.2, 0.25) is 0 Å². The Morgan fingerprint density at radius 2 is 1.89 bits per heavy atom.